The van der Waals surface area contributed by atoms with Crippen LogP contribution in [0.1, 0.15) is 0 Å². The Morgan fingerprint density at radius 1 is 1.19 bits per heavy atom. The molecule has 166 valence electrons. The van der Waals surface area contributed by atoms with Crippen molar-refractivity contribution in [3.05, 3.63) is 76.9 Å². The number of nitrogens with zero attached hydrogens (tertiary/aromatic N) is 1. The number of benzene rings is 1. The molecule has 0 unspecified atom stereocenters. The molecule has 0 saturated heterocycles. The Bertz CT molecular complexity index is 928. The summed E-state index contributed by atoms with van der Waals surface area (Å²) >= 11 is 12.0. The number of nitrogens with one attached hydrogen (secondary N) is 2. The quantitative estimate of drug-likeness (QED) is 0.234. The molecule has 11 heteroatoms. The molecule has 0 saturated carbocycles. The Hall–Kier alpha value is -2.91. The number of hydrogen-bond donors (Lipinski definition) is 2. The molecule has 0 spiro atoms. The van der Waals surface area contributed by atoms with E-state index in [0.717, 1.165) is 4.90 Å². The second kappa shape index (κ2) is 11.5. The van der Waals surface area contributed by atoms with Crippen LogP contribution in [-0.4, -0.2) is 42.5 Å². The van der Waals surface area contributed by atoms with Crippen molar-refractivity contribution in [2.24, 2.45) is 0 Å². The van der Waals surface area contributed by atoms with Crippen molar-refractivity contribution in [2.45, 2.75) is 6.18 Å². The Morgan fingerprint density at radius 3 is 2.65 bits per heavy atom. The van der Waals surface area contributed by atoms with Gasteiger partial charge in [0.25, 0.3) is 5.91 Å². The van der Waals surface area contributed by atoms with Gasteiger partial charge in [0.05, 0.1) is 11.6 Å². The molecule has 1 aliphatic rings. The summed E-state index contributed by atoms with van der Waals surface area (Å²) in [4.78, 5) is 13.1. The highest BCUT2D eigenvalue weighted by atomic mass is 35.5. The molecule has 31 heavy (non-hydrogen) atoms. The molecule has 0 atom stereocenters. The maximum Gasteiger partial charge on any atom is 0.432 e. The molecule has 0 bridgehead atoms. The average molecular weight is 476 g/mol. The fourth-order valence-corrected chi connectivity index (χ4v) is 2.56. The smallest absolute Gasteiger partial charge is 0.432 e. The lowest BCUT2D eigenvalue weighted by Crippen LogP contribution is -2.32. The molecule has 2 rings (SSSR count). The van der Waals surface area contributed by atoms with Gasteiger partial charge in [-0.05, 0) is 24.3 Å². The Labute approximate surface area is 186 Å². The van der Waals surface area contributed by atoms with Crippen molar-refractivity contribution < 1.29 is 27.4 Å². The third kappa shape index (κ3) is 8.03. The van der Waals surface area contributed by atoms with Crippen LogP contribution in [0.3, 0.4) is 0 Å². The van der Waals surface area contributed by atoms with Crippen molar-refractivity contribution in [1.29, 1.82) is 5.41 Å². The first-order valence-corrected chi connectivity index (χ1v) is 9.58. The number of carbonyl (C=O) groups is 1. The maximum absolute atomic E-state index is 12.8. The summed E-state index contributed by atoms with van der Waals surface area (Å²) in [6, 6.07) is 6.81. The molecule has 6 nitrogen and oxygen atoms in total. The summed E-state index contributed by atoms with van der Waals surface area (Å²) in [5.74, 6) is -0.594. The fraction of sp³-hybridized carbons (Fsp3) is 0.200. The van der Waals surface area contributed by atoms with Crippen molar-refractivity contribution in [1.82, 2.24) is 10.2 Å². The average Bonchev–Trinajstić information content (AvgIpc) is 2.93. The lowest BCUT2D eigenvalue weighted by atomic mass is 10.3. The molecular weight excluding hydrogens is 458 g/mol. The molecule has 1 aromatic rings. The first-order valence-electron chi connectivity index (χ1n) is 8.82. The van der Waals surface area contributed by atoms with Crippen molar-refractivity contribution in [3.8, 4) is 5.75 Å². The first kappa shape index (κ1) is 24.4. The maximum atomic E-state index is 12.8. The standard InChI is InChI=1S/C20H18Cl2F3N3O3/c21-14-6-3-4-7-15(14)30-11-9-27-18(29)13-31-19(12-16(26)20(23,24)25)28-10-5-1-2-8-17(28)22/h1-8,10,12,26H,9,11,13H2,(H,27,29)/b19-12+,26-16?. The zero-order valence-electron chi connectivity index (χ0n) is 16.0. The zero-order chi connectivity index (χ0) is 22.9. The monoisotopic (exact) mass is 475 g/mol. The number of ether oxygens (including phenoxy) is 2. The highest BCUT2D eigenvalue weighted by molar-refractivity contribution is 6.32. The number of halogens is 5. The molecular formula is C20H18Cl2F3N3O3. The van der Waals surface area contributed by atoms with Gasteiger partial charge in [0.2, 0.25) is 5.88 Å². The van der Waals surface area contributed by atoms with Gasteiger partial charge in [0.15, 0.2) is 6.61 Å². The lowest BCUT2D eigenvalue weighted by molar-refractivity contribution is -0.125. The third-order valence-corrected chi connectivity index (χ3v) is 4.22. The van der Waals surface area contributed by atoms with Gasteiger partial charge in [0, 0.05) is 12.3 Å². The number of amides is 1. The third-order valence-electron chi connectivity index (χ3n) is 3.60. The second-order valence-electron chi connectivity index (χ2n) is 5.90. The normalized spacial score (nSPS) is 14.0. The summed E-state index contributed by atoms with van der Waals surface area (Å²) in [5.41, 5.74) is -1.66. The summed E-state index contributed by atoms with van der Waals surface area (Å²) < 4.78 is 49.1. The van der Waals surface area contributed by atoms with E-state index in [1.807, 2.05) is 0 Å². The van der Waals surface area contributed by atoms with E-state index in [4.69, 9.17) is 38.1 Å². The molecule has 1 aromatic carbocycles. The van der Waals surface area contributed by atoms with E-state index in [9.17, 15) is 18.0 Å². The largest absolute Gasteiger partial charge is 0.490 e. The summed E-state index contributed by atoms with van der Waals surface area (Å²) in [5, 5.41) is 10.1. The lowest BCUT2D eigenvalue weighted by Gasteiger charge is -2.22. The second-order valence-corrected chi connectivity index (χ2v) is 6.69. The predicted molar refractivity (Wildman–Crippen MR) is 112 cm³/mol. The van der Waals surface area contributed by atoms with E-state index in [0.29, 0.717) is 16.8 Å². The molecule has 0 aromatic heterocycles. The summed E-state index contributed by atoms with van der Waals surface area (Å²) in [6.07, 6.45) is 2.98. The van der Waals surface area contributed by atoms with E-state index < -0.39 is 30.3 Å². The SMILES string of the molecule is N=C(/C=C(/OCC(=O)NCCOc1ccccc1Cl)N1C=CC=CC=C1Cl)C(F)(F)F. The minimum Gasteiger partial charge on any atom is -0.490 e. The molecule has 2 N–H and O–H groups in total. The number of rotatable bonds is 9. The van der Waals surface area contributed by atoms with Crippen LogP contribution in [0.25, 0.3) is 0 Å². The minimum atomic E-state index is -4.89. The molecule has 1 heterocycles. The van der Waals surface area contributed by atoms with Gasteiger partial charge in [-0.15, -0.1) is 0 Å². The van der Waals surface area contributed by atoms with Gasteiger partial charge in [-0.1, -0.05) is 47.5 Å². The van der Waals surface area contributed by atoms with Crippen LogP contribution in [-0.2, 0) is 9.53 Å². The number of allylic oxidation sites excluding steroid dienone is 5. The van der Waals surface area contributed by atoms with Crippen LogP contribution < -0.4 is 10.1 Å². The van der Waals surface area contributed by atoms with Gasteiger partial charge in [-0.2, -0.15) is 13.2 Å². The predicted octanol–water partition coefficient (Wildman–Crippen LogP) is 4.74. The van der Waals surface area contributed by atoms with Crippen LogP contribution >= 0.6 is 23.2 Å². The minimum absolute atomic E-state index is 0.0137. The van der Waals surface area contributed by atoms with E-state index in [1.165, 1.54) is 18.4 Å². The van der Waals surface area contributed by atoms with E-state index in [1.54, 1.807) is 36.4 Å². The number of para-hydroxylation sites is 1. The highest BCUT2D eigenvalue weighted by Crippen LogP contribution is 2.24. The highest BCUT2D eigenvalue weighted by Gasteiger charge is 2.34. The number of carbonyl (C=O) groups excluding carboxylic acids is 1. The summed E-state index contributed by atoms with van der Waals surface area (Å²) in [7, 11) is 0. The van der Waals surface area contributed by atoms with Crippen LogP contribution in [0.15, 0.2) is 71.9 Å². The zero-order valence-corrected chi connectivity index (χ0v) is 17.5. The Balaban J connectivity index is 1.94. The fourth-order valence-electron chi connectivity index (χ4n) is 2.15. The molecule has 1 amide bonds. The van der Waals surface area contributed by atoms with E-state index in [-0.39, 0.29) is 18.3 Å². The van der Waals surface area contributed by atoms with Crippen molar-refractivity contribution in [2.75, 3.05) is 19.8 Å². The topological polar surface area (TPSA) is 74.6 Å². The van der Waals surface area contributed by atoms with Gasteiger partial charge in [-0.3, -0.25) is 15.1 Å². The van der Waals surface area contributed by atoms with Gasteiger partial charge >= 0.3 is 6.18 Å². The summed E-state index contributed by atoms with van der Waals surface area (Å²) in [6.45, 7) is -0.379. The number of alkyl halides is 3. The van der Waals surface area contributed by atoms with Crippen molar-refractivity contribution in [3.63, 3.8) is 0 Å². The Morgan fingerprint density at radius 2 is 1.94 bits per heavy atom. The molecule has 1 aliphatic heterocycles. The van der Waals surface area contributed by atoms with Gasteiger partial charge in [-0.25, -0.2) is 0 Å². The van der Waals surface area contributed by atoms with Crippen molar-refractivity contribution >= 4 is 34.8 Å². The molecule has 0 aliphatic carbocycles. The van der Waals surface area contributed by atoms with Crippen LogP contribution in [0.2, 0.25) is 5.02 Å². The van der Waals surface area contributed by atoms with E-state index in [2.05, 4.69) is 5.32 Å². The first-order chi connectivity index (χ1) is 14.7. The van der Waals surface area contributed by atoms with Crippen LogP contribution in [0.5, 0.6) is 5.75 Å². The van der Waals surface area contributed by atoms with E-state index >= 15 is 0 Å². The Kier molecular flexibility index (Phi) is 9.02. The van der Waals surface area contributed by atoms with Gasteiger partial charge < -0.3 is 14.8 Å². The molecule has 0 radical (unpaired) electrons. The van der Waals surface area contributed by atoms with Crippen LogP contribution in [0.4, 0.5) is 13.2 Å². The van der Waals surface area contributed by atoms with Crippen LogP contribution in [0, 0.1) is 5.41 Å². The number of hydrogen-bond acceptors (Lipinski definition) is 5. The molecule has 0 fully saturated rings. The van der Waals surface area contributed by atoms with Gasteiger partial charge in [0.1, 0.15) is 23.2 Å².